The van der Waals surface area contributed by atoms with Crippen LogP contribution >= 0.6 is 0 Å². The van der Waals surface area contributed by atoms with Gasteiger partial charge in [-0.15, -0.1) is 0 Å². The predicted octanol–water partition coefficient (Wildman–Crippen LogP) is 7.01. The Morgan fingerprint density at radius 1 is 0.778 bits per heavy atom. The summed E-state index contributed by atoms with van der Waals surface area (Å²) in [7, 11) is 0. The van der Waals surface area contributed by atoms with Crippen LogP contribution in [0.25, 0.3) is 11.2 Å². The zero-order valence-electron chi connectivity index (χ0n) is 19.8. The fraction of sp³-hybridized carbons (Fsp3) is 0.214. The minimum Gasteiger partial charge on any atom is -0.457 e. The summed E-state index contributed by atoms with van der Waals surface area (Å²) in [6, 6.07) is 21.8. The number of para-hydroxylation sites is 1. The van der Waals surface area contributed by atoms with Crippen molar-refractivity contribution in [3.8, 4) is 11.5 Å². The third-order valence-corrected chi connectivity index (χ3v) is 6.40. The van der Waals surface area contributed by atoms with E-state index < -0.39 is 0 Å². The lowest BCUT2D eigenvalue weighted by molar-refractivity contribution is 0.358. The van der Waals surface area contributed by atoms with Gasteiger partial charge in [0.2, 0.25) is 5.95 Å². The molecule has 0 atom stereocenters. The molecule has 3 aromatic heterocycles. The van der Waals surface area contributed by atoms with Gasteiger partial charge in [0.1, 0.15) is 11.5 Å². The van der Waals surface area contributed by atoms with E-state index in [4.69, 9.17) is 19.7 Å². The molecular weight excluding hydrogens is 450 g/mol. The van der Waals surface area contributed by atoms with E-state index in [0.717, 1.165) is 46.9 Å². The van der Waals surface area contributed by atoms with Crippen molar-refractivity contribution in [1.29, 1.82) is 0 Å². The fourth-order valence-electron chi connectivity index (χ4n) is 4.62. The van der Waals surface area contributed by atoms with Gasteiger partial charge in [-0.25, -0.2) is 4.98 Å². The van der Waals surface area contributed by atoms with Crippen LogP contribution in [-0.2, 0) is 0 Å². The van der Waals surface area contributed by atoms with Crippen LogP contribution in [-0.4, -0.2) is 24.5 Å². The van der Waals surface area contributed by atoms with E-state index in [9.17, 15) is 0 Å². The molecule has 0 amide bonds. The van der Waals surface area contributed by atoms with E-state index in [1.165, 1.54) is 19.3 Å². The van der Waals surface area contributed by atoms with E-state index in [1.54, 1.807) is 12.4 Å². The Kier molecular flexibility index (Phi) is 6.14. The Morgan fingerprint density at radius 3 is 2.36 bits per heavy atom. The maximum absolute atomic E-state index is 5.92. The van der Waals surface area contributed by atoms with Crippen molar-refractivity contribution in [3.05, 3.63) is 85.5 Å². The Hall–Kier alpha value is -4.46. The Balaban J connectivity index is 1.32. The third kappa shape index (κ3) is 4.84. The van der Waals surface area contributed by atoms with Crippen molar-refractivity contribution in [2.75, 3.05) is 10.6 Å². The molecule has 0 saturated heterocycles. The molecule has 0 spiro atoms. The molecule has 8 heteroatoms. The molecule has 5 aromatic rings. The van der Waals surface area contributed by atoms with Crippen molar-refractivity contribution in [2.24, 2.45) is 0 Å². The van der Waals surface area contributed by atoms with E-state index in [-0.39, 0.29) is 0 Å². The van der Waals surface area contributed by atoms with Crippen molar-refractivity contribution in [3.63, 3.8) is 0 Å². The van der Waals surface area contributed by atoms with Gasteiger partial charge in [0.05, 0.1) is 18.2 Å². The molecule has 1 fully saturated rings. The lowest BCUT2D eigenvalue weighted by atomic mass is 9.95. The summed E-state index contributed by atoms with van der Waals surface area (Å²) < 4.78 is 8.14. The topological polar surface area (TPSA) is 89.8 Å². The van der Waals surface area contributed by atoms with E-state index in [1.807, 2.05) is 73.1 Å². The number of fused-ring (bicyclic) bond motifs is 1. The molecule has 0 unspecified atom stereocenters. The van der Waals surface area contributed by atoms with E-state index in [0.29, 0.717) is 17.8 Å². The number of ether oxygens (including phenoxy) is 1. The first-order chi connectivity index (χ1) is 17.8. The summed E-state index contributed by atoms with van der Waals surface area (Å²) in [5.41, 5.74) is 3.29. The minimum absolute atomic E-state index is 0.409. The van der Waals surface area contributed by atoms with Crippen molar-refractivity contribution < 1.29 is 4.74 Å². The average molecular weight is 478 g/mol. The van der Waals surface area contributed by atoms with Gasteiger partial charge in [-0.1, -0.05) is 37.5 Å². The Morgan fingerprint density at radius 2 is 1.58 bits per heavy atom. The van der Waals surface area contributed by atoms with Crippen LogP contribution in [0, 0.1) is 0 Å². The van der Waals surface area contributed by atoms with Crippen molar-refractivity contribution in [2.45, 2.75) is 38.1 Å². The number of pyridine rings is 1. The van der Waals surface area contributed by atoms with Crippen LogP contribution in [0.1, 0.15) is 38.1 Å². The number of anilines is 4. The highest BCUT2D eigenvalue weighted by atomic mass is 16.5. The van der Waals surface area contributed by atoms with E-state index >= 15 is 0 Å². The van der Waals surface area contributed by atoms with Crippen molar-refractivity contribution in [1.82, 2.24) is 24.5 Å². The molecule has 1 aliphatic rings. The minimum atomic E-state index is 0.409. The lowest BCUT2D eigenvalue weighted by Crippen LogP contribution is -2.13. The SMILES string of the molecule is c1ccc(Oc2ccc(Nc3nc(Nc4cccnc4)nc4c3ncn4C3CCCCC3)cc2)cc1. The summed E-state index contributed by atoms with van der Waals surface area (Å²) in [5, 5.41) is 6.74. The molecule has 180 valence electrons. The maximum atomic E-state index is 5.92. The highest BCUT2D eigenvalue weighted by Gasteiger charge is 2.21. The van der Waals surface area contributed by atoms with Crippen LogP contribution in [0.4, 0.5) is 23.1 Å². The van der Waals surface area contributed by atoms with Gasteiger partial charge in [-0.05, 0) is 61.4 Å². The first kappa shape index (κ1) is 22.0. The number of aromatic nitrogens is 5. The summed E-state index contributed by atoms with van der Waals surface area (Å²) in [5.74, 6) is 2.72. The second kappa shape index (κ2) is 10.0. The molecule has 8 nitrogen and oxygen atoms in total. The number of nitrogens with zero attached hydrogens (tertiary/aromatic N) is 5. The number of imidazole rings is 1. The summed E-state index contributed by atoms with van der Waals surface area (Å²) in [4.78, 5) is 18.5. The maximum Gasteiger partial charge on any atom is 0.231 e. The monoisotopic (exact) mass is 477 g/mol. The average Bonchev–Trinajstić information content (AvgIpc) is 3.36. The highest BCUT2D eigenvalue weighted by Crippen LogP contribution is 2.33. The Labute approximate surface area is 209 Å². The smallest absolute Gasteiger partial charge is 0.231 e. The number of nitrogens with one attached hydrogen (secondary N) is 2. The van der Waals surface area contributed by atoms with Gasteiger partial charge in [0, 0.05) is 17.9 Å². The van der Waals surface area contributed by atoms with Crippen LogP contribution in [0.2, 0.25) is 0 Å². The zero-order valence-corrected chi connectivity index (χ0v) is 19.8. The molecular formula is C28H27N7O. The van der Waals surface area contributed by atoms with Crippen LogP contribution in [0.15, 0.2) is 85.5 Å². The van der Waals surface area contributed by atoms with Crippen LogP contribution in [0.5, 0.6) is 11.5 Å². The quantitative estimate of drug-likeness (QED) is 0.261. The van der Waals surface area contributed by atoms with Crippen LogP contribution in [0.3, 0.4) is 0 Å². The number of benzene rings is 2. The molecule has 2 aromatic carbocycles. The summed E-state index contributed by atoms with van der Waals surface area (Å²) in [6.45, 7) is 0. The zero-order chi connectivity index (χ0) is 24.2. The normalized spacial score (nSPS) is 14.0. The molecule has 3 heterocycles. The Bertz CT molecular complexity index is 1430. The predicted molar refractivity (Wildman–Crippen MR) is 141 cm³/mol. The highest BCUT2D eigenvalue weighted by molar-refractivity contribution is 5.87. The van der Waals surface area contributed by atoms with Crippen molar-refractivity contribution >= 4 is 34.3 Å². The second-order valence-electron chi connectivity index (χ2n) is 8.94. The molecule has 0 radical (unpaired) electrons. The molecule has 1 aliphatic carbocycles. The molecule has 6 rings (SSSR count). The van der Waals surface area contributed by atoms with Gasteiger partial charge in [-0.2, -0.15) is 9.97 Å². The number of hydrogen-bond donors (Lipinski definition) is 2. The standard InChI is InChI=1S/C28H27N7O/c1-3-9-22(10-4-1)35-19-30-25-26(33-28(34-27(25)35)32-21-8-7-17-29-18-21)31-20-13-15-24(16-14-20)36-23-11-5-2-6-12-23/h2,5-8,11-19,22H,1,3-4,9-10H2,(H2,31,32,33,34). The molecule has 0 aliphatic heterocycles. The summed E-state index contributed by atoms with van der Waals surface area (Å²) >= 11 is 0. The van der Waals surface area contributed by atoms with E-state index in [2.05, 4.69) is 20.2 Å². The fourth-order valence-corrected chi connectivity index (χ4v) is 4.62. The first-order valence-electron chi connectivity index (χ1n) is 12.3. The van der Waals surface area contributed by atoms with Gasteiger partial charge in [0.25, 0.3) is 0 Å². The van der Waals surface area contributed by atoms with Gasteiger partial charge in [-0.3, -0.25) is 4.98 Å². The molecule has 2 N–H and O–H groups in total. The second-order valence-corrected chi connectivity index (χ2v) is 8.94. The van der Waals surface area contributed by atoms with Gasteiger partial charge < -0.3 is 19.9 Å². The first-order valence-corrected chi connectivity index (χ1v) is 12.3. The molecule has 0 bridgehead atoms. The lowest BCUT2D eigenvalue weighted by Gasteiger charge is -2.23. The summed E-state index contributed by atoms with van der Waals surface area (Å²) in [6.07, 6.45) is 11.5. The molecule has 1 saturated carbocycles. The largest absolute Gasteiger partial charge is 0.457 e. The third-order valence-electron chi connectivity index (χ3n) is 6.40. The van der Waals surface area contributed by atoms with Gasteiger partial charge in [0.15, 0.2) is 17.0 Å². The van der Waals surface area contributed by atoms with Gasteiger partial charge >= 0.3 is 0 Å². The number of rotatable bonds is 7. The van der Waals surface area contributed by atoms with Crippen LogP contribution < -0.4 is 15.4 Å². The molecule has 36 heavy (non-hydrogen) atoms. The number of hydrogen-bond acceptors (Lipinski definition) is 7.